The van der Waals surface area contributed by atoms with Gasteiger partial charge in [0.2, 0.25) is 0 Å². The zero-order valence-corrected chi connectivity index (χ0v) is 16.9. The number of ether oxygens (including phenoxy) is 2. The van der Waals surface area contributed by atoms with Crippen LogP contribution in [0.25, 0.3) is 10.9 Å². The molecule has 2 N–H and O–H groups in total. The minimum atomic E-state index is -0.688. The molecule has 0 radical (unpaired) electrons. The number of carbonyl (C=O) groups excluding carboxylic acids is 2. The number of hydrogen-bond acceptors (Lipinski definition) is 4. The monoisotopic (exact) mass is 402 g/mol. The smallest absolute Gasteiger partial charge is 0.293 e. The number of para-hydroxylation sites is 2. The van der Waals surface area contributed by atoms with Crippen LogP contribution in [0.2, 0.25) is 0 Å². The molecular weight excluding hydrogens is 380 g/mol. The fraction of sp³-hybridized carbons (Fsp3) is 0.250. The fourth-order valence-electron chi connectivity index (χ4n) is 3.51. The molecule has 0 fully saturated rings. The number of amides is 1. The third-order valence-corrected chi connectivity index (χ3v) is 4.86. The van der Waals surface area contributed by atoms with Gasteiger partial charge >= 0.3 is 0 Å². The summed E-state index contributed by atoms with van der Waals surface area (Å²) >= 11 is 0. The van der Waals surface area contributed by atoms with Crippen LogP contribution in [0.4, 0.5) is 0 Å². The van der Waals surface area contributed by atoms with Crippen LogP contribution in [0, 0.1) is 11.8 Å². The predicted octanol–water partition coefficient (Wildman–Crippen LogP) is 3.26. The number of Topliss-reactive ketones (excluding diaryl/α,β-unsaturated/α-hetero) is 1. The molecule has 0 aliphatic carbocycles. The largest absolute Gasteiger partial charge is 0.483 e. The molecular formula is C24H22N2O4. The quantitative estimate of drug-likeness (QED) is 0.390. The highest BCUT2D eigenvalue weighted by Crippen LogP contribution is 2.41. The van der Waals surface area contributed by atoms with Crippen LogP contribution in [0.3, 0.4) is 0 Å². The highest BCUT2D eigenvalue weighted by atomic mass is 16.5. The van der Waals surface area contributed by atoms with Crippen LogP contribution in [-0.4, -0.2) is 35.4 Å². The van der Waals surface area contributed by atoms with Crippen molar-refractivity contribution in [2.45, 2.75) is 25.9 Å². The Morgan fingerprint density at radius 1 is 1.17 bits per heavy atom. The van der Waals surface area contributed by atoms with Crippen molar-refractivity contribution in [2.24, 2.45) is 0 Å². The molecule has 0 unspecified atom stereocenters. The van der Waals surface area contributed by atoms with Crippen LogP contribution < -0.4 is 14.8 Å². The molecule has 6 nitrogen and oxygen atoms in total. The molecule has 1 aromatic heterocycles. The van der Waals surface area contributed by atoms with Gasteiger partial charge in [-0.2, -0.15) is 0 Å². The minimum Gasteiger partial charge on any atom is -0.483 e. The minimum absolute atomic E-state index is 0.0622. The second-order valence-electron chi connectivity index (χ2n) is 7.68. The van der Waals surface area contributed by atoms with Crippen LogP contribution in [-0.2, 0) is 11.2 Å². The van der Waals surface area contributed by atoms with Gasteiger partial charge in [0.15, 0.2) is 11.5 Å². The van der Waals surface area contributed by atoms with E-state index >= 15 is 0 Å². The van der Waals surface area contributed by atoms with Gasteiger partial charge in [0.05, 0.1) is 12.1 Å². The van der Waals surface area contributed by atoms with Crippen LogP contribution in [0.1, 0.15) is 29.8 Å². The van der Waals surface area contributed by atoms with Gasteiger partial charge in [-0.3, -0.25) is 9.59 Å². The fourth-order valence-corrected chi connectivity index (χ4v) is 3.51. The second kappa shape index (κ2) is 7.96. The summed E-state index contributed by atoms with van der Waals surface area (Å²) in [6.07, 6.45) is 2.38. The van der Waals surface area contributed by atoms with E-state index in [0.717, 1.165) is 28.6 Å². The Morgan fingerprint density at radius 3 is 2.87 bits per heavy atom. The molecule has 152 valence electrons. The molecule has 0 atom stereocenters. The van der Waals surface area contributed by atoms with Crippen molar-refractivity contribution in [1.29, 1.82) is 0 Å². The SMILES string of the molecule is CC1(C)Cc2cccc(OCC#CCNC(=O)C(=O)c3c[nH]c4ccccc34)c2O1. The Balaban J connectivity index is 1.29. The van der Waals surface area contributed by atoms with E-state index in [1.54, 1.807) is 12.3 Å². The molecule has 0 saturated carbocycles. The van der Waals surface area contributed by atoms with Crippen molar-refractivity contribution < 1.29 is 19.1 Å². The molecule has 1 amide bonds. The molecule has 4 rings (SSSR count). The Bertz CT molecular complexity index is 1180. The van der Waals surface area contributed by atoms with Crippen molar-refractivity contribution in [3.63, 3.8) is 0 Å². The van der Waals surface area contributed by atoms with E-state index in [-0.39, 0.29) is 18.8 Å². The summed E-state index contributed by atoms with van der Waals surface area (Å²) in [5.74, 6) is 5.79. The van der Waals surface area contributed by atoms with Crippen LogP contribution in [0.5, 0.6) is 11.5 Å². The summed E-state index contributed by atoms with van der Waals surface area (Å²) in [6, 6.07) is 13.2. The second-order valence-corrected chi connectivity index (χ2v) is 7.68. The van der Waals surface area contributed by atoms with Gasteiger partial charge in [-0.25, -0.2) is 0 Å². The maximum atomic E-state index is 12.4. The summed E-state index contributed by atoms with van der Waals surface area (Å²) < 4.78 is 11.7. The molecule has 2 aromatic carbocycles. The van der Waals surface area contributed by atoms with E-state index in [9.17, 15) is 9.59 Å². The van der Waals surface area contributed by atoms with E-state index in [2.05, 4.69) is 22.1 Å². The molecule has 0 bridgehead atoms. The van der Waals surface area contributed by atoms with Gasteiger partial charge < -0.3 is 19.8 Å². The van der Waals surface area contributed by atoms with Gasteiger partial charge in [0.25, 0.3) is 11.7 Å². The van der Waals surface area contributed by atoms with Crippen LogP contribution >= 0.6 is 0 Å². The van der Waals surface area contributed by atoms with Crippen molar-refractivity contribution in [3.05, 3.63) is 59.8 Å². The molecule has 2 heterocycles. The van der Waals surface area contributed by atoms with Gasteiger partial charge in [0.1, 0.15) is 12.2 Å². The Hall–Kier alpha value is -3.72. The van der Waals surface area contributed by atoms with E-state index in [1.165, 1.54) is 0 Å². The van der Waals surface area contributed by atoms with E-state index < -0.39 is 11.7 Å². The van der Waals surface area contributed by atoms with Gasteiger partial charge in [0, 0.05) is 29.1 Å². The van der Waals surface area contributed by atoms with Gasteiger partial charge in [-0.15, -0.1) is 0 Å². The number of aromatic nitrogens is 1. The molecule has 1 aliphatic heterocycles. The number of H-pyrrole nitrogens is 1. The summed E-state index contributed by atoms with van der Waals surface area (Å²) in [6.45, 7) is 4.30. The van der Waals surface area contributed by atoms with Gasteiger partial charge in [-0.1, -0.05) is 42.2 Å². The lowest BCUT2D eigenvalue weighted by Crippen LogP contribution is -2.31. The van der Waals surface area contributed by atoms with E-state index in [4.69, 9.17) is 9.47 Å². The van der Waals surface area contributed by atoms with E-state index in [0.29, 0.717) is 11.3 Å². The lowest BCUT2D eigenvalue weighted by atomic mass is 10.0. The number of ketones is 1. The first-order valence-electron chi connectivity index (χ1n) is 9.73. The highest BCUT2D eigenvalue weighted by Gasteiger charge is 2.32. The van der Waals surface area contributed by atoms with Crippen molar-refractivity contribution in [1.82, 2.24) is 10.3 Å². The average molecular weight is 402 g/mol. The molecule has 6 heteroatoms. The zero-order valence-electron chi connectivity index (χ0n) is 16.9. The Kier molecular flexibility index (Phi) is 5.20. The number of aromatic amines is 1. The molecule has 30 heavy (non-hydrogen) atoms. The van der Waals surface area contributed by atoms with E-state index in [1.807, 2.05) is 50.2 Å². The molecule has 0 spiro atoms. The number of carbonyl (C=O) groups is 2. The summed E-state index contributed by atoms with van der Waals surface area (Å²) in [4.78, 5) is 27.5. The third-order valence-electron chi connectivity index (χ3n) is 4.86. The normalized spacial score (nSPS) is 13.7. The Morgan fingerprint density at radius 2 is 2.00 bits per heavy atom. The standard InChI is InChI=1S/C24H22N2O4/c1-24(2)14-16-8-7-11-20(22(16)30-24)29-13-6-5-12-25-23(28)21(27)18-15-26-19-10-4-3-9-17(18)19/h3-4,7-11,15,26H,12-14H2,1-2H3,(H,25,28). The summed E-state index contributed by atoms with van der Waals surface area (Å²) in [5, 5.41) is 3.25. The van der Waals surface area contributed by atoms with Gasteiger partial charge in [-0.05, 0) is 26.0 Å². The lowest BCUT2D eigenvalue weighted by molar-refractivity contribution is -0.116. The number of benzene rings is 2. The first kappa shape index (κ1) is 19.6. The number of fused-ring (bicyclic) bond motifs is 2. The number of nitrogens with one attached hydrogen (secondary N) is 2. The Labute approximate surface area is 174 Å². The topological polar surface area (TPSA) is 80.4 Å². The summed E-state index contributed by atoms with van der Waals surface area (Å²) in [5.41, 5.74) is 2.04. The lowest BCUT2D eigenvalue weighted by Gasteiger charge is -2.17. The molecule has 0 saturated heterocycles. The predicted molar refractivity (Wildman–Crippen MR) is 114 cm³/mol. The first-order chi connectivity index (χ1) is 14.4. The first-order valence-corrected chi connectivity index (χ1v) is 9.73. The van der Waals surface area contributed by atoms with Crippen molar-refractivity contribution >= 4 is 22.6 Å². The summed E-state index contributed by atoms with van der Waals surface area (Å²) in [7, 11) is 0. The average Bonchev–Trinajstić information content (AvgIpc) is 3.29. The zero-order chi connectivity index (χ0) is 21.1. The number of rotatable bonds is 5. The number of hydrogen-bond donors (Lipinski definition) is 2. The third kappa shape index (κ3) is 4.01. The van der Waals surface area contributed by atoms with Crippen LogP contribution in [0.15, 0.2) is 48.7 Å². The van der Waals surface area contributed by atoms with Crippen molar-refractivity contribution in [3.8, 4) is 23.3 Å². The maximum Gasteiger partial charge on any atom is 0.293 e. The highest BCUT2D eigenvalue weighted by molar-refractivity contribution is 6.45. The molecule has 1 aliphatic rings. The van der Waals surface area contributed by atoms with Crippen molar-refractivity contribution in [2.75, 3.05) is 13.2 Å². The molecule has 3 aromatic rings. The maximum absolute atomic E-state index is 12.4.